The Morgan fingerprint density at radius 3 is 2.70 bits per heavy atom. The molecule has 2 aromatic heterocycles. The van der Waals surface area contributed by atoms with Crippen molar-refractivity contribution in [2.24, 2.45) is 0 Å². The van der Waals surface area contributed by atoms with Crippen LogP contribution in [0.1, 0.15) is 5.56 Å². The maximum absolute atomic E-state index is 13.7. The molecule has 23 heavy (non-hydrogen) atoms. The Morgan fingerprint density at radius 1 is 1.26 bits per heavy atom. The highest BCUT2D eigenvalue weighted by molar-refractivity contribution is 7.91. The number of rotatable bonds is 2. The van der Waals surface area contributed by atoms with E-state index in [1.54, 1.807) is 0 Å². The fourth-order valence-corrected chi connectivity index (χ4v) is 3.60. The Morgan fingerprint density at radius 2 is 2.00 bits per heavy atom. The summed E-state index contributed by atoms with van der Waals surface area (Å²) in [6, 6.07) is 6.14. The summed E-state index contributed by atoms with van der Waals surface area (Å²) in [5.74, 6) is -1.55. The van der Waals surface area contributed by atoms with Gasteiger partial charge in [-0.25, -0.2) is 17.8 Å². The minimum atomic E-state index is -4.39. The maximum atomic E-state index is 13.7. The Bertz CT molecular complexity index is 1090. The molecule has 0 aliphatic carbocycles. The molecule has 0 bridgehead atoms. The fourth-order valence-electron chi connectivity index (χ4n) is 2.19. The molecule has 0 unspecified atom stereocenters. The highest BCUT2D eigenvalue weighted by Gasteiger charge is 2.28. The molecule has 0 saturated carbocycles. The minimum absolute atomic E-state index is 0.0106. The van der Waals surface area contributed by atoms with Crippen LogP contribution in [0.3, 0.4) is 0 Å². The van der Waals surface area contributed by atoms with Crippen LogP contribution in [0.25, 0.3) is 11.0 Å². The van der Waals surface area contributed by atoms with Gasteiger partial charge in [-0.05, 0) is 36.8 Å². The van der Waals surface area contributed by atoms with Crippen molar-refractivity contribution in [3.63, 3.8) is 0 Å². The predicted molar refractivity (Wildman–Crippen MR) is 80.6 cm³/mol. The normalized spacial score (nSPS) is 11.7. The van der Waals surface area contributed by atoms with E-state index in [1.807, 2.05) is 0 Å². The summed E-state index contributed by atoms with van der Waals surface area (Å²) in [5.41, 5.74) is -0.570. The number of H-pyrrole nitrogens is 1. The second-order valence-corrected chi connectivity index (χ2v) is 6.83. The fraction of sp³-hybridized carbons (Fsp3) is 0.0667. The summed E-state index contributed by atoms with van der Waals surface area (Å²) in [5, 5.41) is 9.95. The molecule has 8 heteroatoms. The zero-order chi connectivity index (χ0) is 16.8. The number of sulfone groups is 1. The van der Waals surface area contributed by atoms with Crippen molar-refractivity contribution in [3.05, 3.63) is 58.1 Å². The molecule has 0 fully saturated rings. The summed E-state index contributed by atoms with van der Waals surface area (Å²) in [7, 11) is -4.39. The zero-order valence-electron chi connectivity index (χ0n) is 11.9. The van der Waals surface area contributed by atoms with E-state index in [4.69, 9.17) is 0 Å². The van der Waals surface area contributed by atoms with Gasteiger partial charge in [-0.3, -0.25) is 4.79 Å². The summed E-state index contributed by atoms with van der Waals surface area (Å²) >= 11 is 0. The largest absolute Gasteiger partial charge is 0.494 e. The number of aromatic amines is 1. The number of aromatic nitrogens is 2. The second-order valence-electron chi connectivity index (χ2n) is 4.95. The molecule has 0 spiro atoms. The lowest BCUT2D eigenvalue weighted by atomic mass is 10.2. The van der Waals surface area contributed by atoms with Crippen molar-refractivity contribution >= 4 is 20.9 Å². The van der Waals surface area contributed by atoms with E-state index in [2.05, 4.69) is 9.97 Å². The first-order valence-corrected chi connectivity index (χ1v) is 8.02. The number of aryl methyl sites for hydroxylation is 1. The first-order valence-electron chi connectivity index (χ1n) is 6.53. The molecule has 3 rings (SSSR count). The number of nitrogens with zero attached hydrogens (tertiary/aromatic N) is 1. The van der Waals surface area contributed by atoms with Gasteiger partial charge in [0, 0.05) is 6.20 Å². The number of hydrogen-bond donors (Lipinski definition) is 2. The lowest BCUT2D eigenvalue weighted by molar-refractivity contribution is 0.437. The third-order valence-corrected chi connectivity index (χ3v) is 5.22. The highest BCUT2D eigenvalue weighted by Crippen LogP contribution is 2.26. The van der Waals surface area contributed by atoms with Crippen LogP contribution in [0.4, 0.5) is 4.39 Å². The summed E-state index contributed by atoms with van der Waals surface area (Å²) in [4.78, 5) is 17.4. The van der Waals surface area contributed by atoms with Gasteiger partial charge in [-0.2, -0.15) is 0 Å². The van der Waals surface area contributed by atoms with E-state index in [1.165, 1.54) is 37.4 Å². The number of pyridine rings is 2. The molecule has 0 aliphatic rings. The lowest BCUT2D eigenvalue weighted by Gasteiger charge is -2.08. The van der Waals surface area contributed by atoms with Crippen LogP contribution in [0.2, 0.25) is 0 Å². The van der Waals surface area contributed by atoms with Crippen molar-refractivity contribution in [3.8, 4) is 5.88 Å². The smallest absolute Gasteiger partial charge is 0.215 e. The number of nitrogens with one attached hydrogen (secondary N) is 1. The van der Waals surface area contributed by atoms with Gasteiger partial charge in [0.25, 0.3) is 0 Å². The van der Waals surface area contributed by atoms with Gasteiger partial charge in [0.15, 0.2) is 4.90 Å². The van der Waals surface area contributed by atoms with E-state index in [0.29, 0.717) is 0 Å². The van der Waals surface area contributed by atoms with Crippen LogP contribution in [-0.4, -0.2) is 23.5 Å². The Hall–Kier alpha value is -2.74. The number of benzene rings is 1. The van der Waals surface area contributed by atoms with Crippen molar-refractivity contribution in [1.29, 1.82) is 0 Å². The minimum Gasteiger partial charge on any atom is -0.494 e. The van der Waals surface area contributed by atoms with Crippen molar-refractivity contribution < 1.29 is 17.9 Å². The molecule has 0 radical (unpaired) electrons. The predicted octanol–water partition coefficient (Wildman–Crippen LogP) is 1.91. The van der Waals surface area contributed by atoms with Crippen LogP contribution in [0.15, 0.2) is 51.1 Å². The van der Waals surface area contributed by atoms with Gasteiger partial charge < -0.3 is 10.1 Å². The summed E-state index contributed by atoms with van der Waals surface area (Å²) in [6.45, 7) is 1.48. The van der Waals surface area contributed by atoms with Gasteiger partial charge in [0.2, 0.25) is 21.1 Å². The van der Waals surface area contributed by atoms with E-state index in [-0.39, 0.29) is 16.6 Å². The third kappa shape index (κ3) is 2.36. The van der Waals surface area contributed by atoms with E-state index in [9.17, 15) is 22.7 Å². The average molecular weight is 334 g/mol. The first-order chi connectivity index (χ1) is 10.8. The Labute approximate surface area is 130 Å². The van der Waals surface area contributed by atoms with Crippen LogP contribution in [-0.2, 0) is 9.84 Å². The van der Waals surface area contributed by atoms with E-state index >= 15 is 0 Å². The lowest BCUT2D eigenvalue weighted by Crippen LogP contribution is -2.17. The Kier molecular flexibility index (Phi) is 3.41. The third-order valence-electron chi connectivity index (χ3n) is 3.43. The monoisotopic (exact) mass is 334 g/mol. The molecule has 2 N–H and O–H groups in total. The molecule has 1 aromatic carbocycles. The highest BCUT2D eigenvalue weighted by atomic mass is 32.2. The molecule has 0 amide bonds. The average Bonchev–Trinajstić information content (AvgIpc) is 2.49. The molecule has 3 aromatic rings. The molecule has 6 nitrogen and oxygen atoms in total. The quantitative estimate of drug-likeness (QED) is 0.745. The van der Waals surface area contributed by atoms with Crippen LogP contribution in [0.5, 0.6) is 5.88 Å². The molecular formula is C15H11FN2O4S. The first kappa shape index (κ1) is 15.2. The van der Waals surface area contributed by atoms with Crippen LogP contribution in [0, 0.1) is 12.7 Å². The van der Waals surface area contributed by atoms with Crippen LogP contribution >= 0.6 is 0 Å². The SMILES string of the molecule is Cc1ccc(S(=O)(=O)c2c(O)[nH]c3ncccc3c2=O)cc1F. The Balaban J connectivity index is 2.35. The van der Waals surface area contributed by atoms with Gasteiger partial charge in [-0.15, -0.1) is 0 Å². The molecule has 0 saturated heterocycles. The molecular weight excluding hydrogens is 323 g/mol. The number of halogens is 1. The second kappa shape index (κ2) is 5.17. The molecule has 0 atom stereocenters. The number of aromatic hydroxyl groups is 1. The number of fused-ring (bicyclic) bond motifs is 1. The number of hydrogen-bond acceptors (Lipinski definition) is 5. The topological polar surface area (TPSA) is 100 Å². The van der Waals surface area contributed by atoms with E-state index < -0.39 is 36.8 Å². The van der Waals surface area contributed by atoms with Gasteiger partial charge in [0.05, 0.1) is 10.3 Å². The molecule has 2 heterocycles. The zero-order valence-corrected chi connectivity index (χ0v) is 12.7. The van der Waals surface area contributed by atoms with Crippen molar-refractivity contribution in [1.82, 2.24) is 9.97 Å². The van der Waals surface area contributed by atoms with Crippen LogP contribution < -0.4 is 5.43 Å². The van der Waals surface area contributed by atoms with Gasteiger partial charge >= 0.3 is 0 Å². The van der Waals surface area contributed by atoms with E-state index in [0.717, 1.165) is 6.07 Å². The summed E-state index contributed by atoms with van der Waals surface area (Å²) in [6.07, 6.45) is 1.39. The molecule has 118 valence electrons. The van der Waals surface area contributed by atoms with Crippen molar-refractivity contribution in [2.45, 2.75) is 16.7 Å². The summed E-state index contributed by atoms with van der Waals surface area (Å²) < 4.78 is 38.9. The van der Waals surface area contributed by atoms with Gasteiger partial charge in [0.1, 0.15) is 11.5 Å². The maximum Gasteiger partial charge on any atom is 0.215 e. The van der Waals surface area contributed by atoms with Gasteiger partial charge in [-0.1, -0.05) is 6.07 Å². The molecule has 0 aliphatic heterocycles. The standard InChI is InChI=1S/C15H11FN2O4S/c1-8-4-5-9(7-11(8)16)23(21,22)13-12(19)10-3-2-6-17-14(10)18-15(13)20/h2-7H,1H3,(H2,17,18,19,20). The van der Waals surface area contributed by atoms with Crippen molar-refractivity contribution in [2.75, 3.05) is 0 Å².